The van der Waals surface area contributed by atoms with E-state index in [4.69, 9.17) is 14.2 Å². The summed E-state index contributed by atoms with van der Waals surface area (Å²) in [6.45, 7) is 13.6. The molecule has 0 saturated heterocycles. The Morgan fingerprint density at radius 2 is 1.95 bits per heavy atom. The molecule has 1 aromatic carbocycles. The standard InChI is InChI=1S/C18H24O4/c1-6-12-18(5,22-17(19)14(3)4)15-8-10-16(11-9-15)21-13-20-7-2/h6,8-11H,1,3,7,12-13H2,2,4-5H3. The van der Waals surface area contributed by atoms with Crippen LogP contribution in [0.5, 0.6) is 5.75 Å². The first-order valence-corrected chi connectivity index (χ1v) is 7.23. The van der Waals surface area contributed by atoms with Crippen LogP contribution in [0.1, 0.15) is 32.8 Å². The Labute approximate surface area is 132 Å². The topological polar surface area (TPSA) is 44.8 Å². The van der Waals surface area contributed by atoms with E-state index in [0.29, 0.717) is 24.4 Å². The van der Waals surface area contributed by atoms with Gasteiger partial charge in [-0.3, -0.25) is 0 Å². The lowest BCUT2D eigenvalue weighted by atomic mass is 9.92. The smallest absolute Gasteiger partial charge is 0.333 e. The van der Waals surface area contributed by atoms with Crippen LogP contribution in [0.4, 0.5) is 0 Å². The SMILES string of the molecule is C=CCC(C)(OC(=O)C(=C)C)c1ccc(OCOCC)cc1. The van der Waals surface area contributed by atoms with E-state index < -0.39 is 11.6 Å². The van der Waals surface area contributed by atoms with Gasteiger partial charge >= 0.3 is 5.97 Å². The molecule has 0 aromatic heterocycles. The maximum absolute atomic E-state index is 11.9. The van der Waals surface area contributed by atoms with Gasteiger partial charge in [-0.1, -0.05) is 24.8 Å². The Morgan fingerprint density at radius 3 is 2.45 bits per heavy atom. The quantitative estimate of drug-likeness (QED) is 0.228. The Bertz CT molecular complexity index is 518. The van der Waals surface area contributed by atoms with Gasteiger partial charge in [0.25, 0.3) is 0 Å². The van der Waals surface area contributed by atoms with E-state index in [0.717, 1.165) is 5.56 Å². The monoisotopic (exact) mass is 304 g/mol. The van der Waals surface area contributed by atoms with Gasteiger partial charge in [-0.15, -0.1) is 6.58 Å². The van der Waals surface area contributed by atoms with Crippen LogP contribution in [0.2, 0.25) is 0 Å². The lowest BCUT2D eigenvalue weighted by Crippen LogP contribution is -2.29. The summed E-state index contributed by atoms with van der Waals surface area (Å²) < 4.78 is 16.2. The highest BCUT2D eigenvalue weighted by Gasteiger charge is 2.30. The predicted molar refractivity (Wildman–Crippen MR) is 86.6 cm³/mol. The number of hydrogen-bond acceptors (Lipinski definition) is 4. The summed E-state index contributed by atoms with van der Waals surface area (Å²) in [5.41, 5.74) is 0.452. The van der Waals surface area contributed by atoms with Gasteiger partial charge in [0, 0.05) is 18.6 Å². The Kier molecular flexibility index (Phi) is 6.86. The van der Waals surface area contributed by atoms with Crippen molar-refractivity contribution >= 4 is 5.97 Å². The van der Waals surface area contributed by atoms with Crippen LogP contribution >= 0.6 is 0 Å². The zero-order valence-electron chi connectivity index (χ0n) is 13.6. The van der Waals surface area contributed by atoms with Gasteiger partial charge in [0.05, 0.1) is 0 Å². The molecule has 4 heteroatoms. The molecule has 120 valence electrons. The van der Waals surface area contributed by atoms with Crippen molar-refractivity contribution in [3.8, 4) is 5.75 Å². The maximum atomic E-state index is 11.9. The zero-order valence-corrected chi connectivity index (χ0v) is 13.6. The number of ether oxygens (including phenoxy) is 3. The van der Waals surface area contributed by atoms with Crippen molar-refractivity contribution in [1.82, 2.24) is 0 Å². The molecule has 22 heavy (non-hydrogen) atoms. The average molecular weight is 304 g/mol. The normalized spacial score (nSPS) is 13.0. The lowest BCUT2D eigenvalue weighted by Gasteiger charge is -2.29. The van der Waals surface area contributed by atoms with E-state index in [2.05, 4.69) is 13.2 Å². The van der Waals surface area contributed by atoms with Gasteiger partial charge in [-0.2, -0.15) is 0 Å². The summed E-state index contributed by atoms with van der Waals surface area (Å²) in [6.07, 6.45) is 2.23. The number of rotatable bonds is 9. The van der Waals surface area contributed by atoms with Crippen LogP contribution in [-0.2, 0) is 19.9 Å². The van der Waals surface area contributed by atoms with Gasteiger partial charge in [0.1, 0.15) is 11.4 Å². The molecule has 0 amide bonds. The molecule has 0 N–H and O–H groups in total. The van der Waals surface area contributed by atoms with E-state index in [1.807, 2.05) is 38.1 Å². The van der Waals surface area contributed by atoms with E-state index in [-0.39, 0.29) is 6.79 Å². The Balaban J connectivity index is 2.88. The highest BCUT2D eigenvalue weighted by Crippen LogP contribution is 2.31. The van der Waals surface area contributed by atoms with Crippen LogP contribution in [0.15, 0.2) is 49.1 Å². The third kappa shape index (κ3) is 5.04. The third-order valence-corrected chi connectivity index (χ3v) is 3.18. The van der Waals surface area contributed by atoms with Gasteiger partial charge in [0.15, 0.2) is 6.79 Å². The number of hydrogen-bond donors (Lipinski definition) is 0. The van der Waals surface area contributed by atoms with Crippen LogP contribution in [0.25, 0.3) is 0 Å². The minimum absolute atomic E-state index is 0.213. The number of esters is 1. The van der Waals surface area contributed by atoms with E-state index in [9.17, 15) is 4.79 Å². The maximum Gasteiger partial charge on any atom is 0.333 e. The van der Waals surface area contributed by atoms with Crippen LogP contribution in [0.3, 0.4) is 0 Å². The highest BCUT2D eigenvalue weighted by atomic mass is 16.7. The van der Waals surface area contributed by atoms with Gasteiger partial charge in [0.2, 0.25) is 0 Å². The lowest BCUT2D eigenvalue weighted by molar-refractivity contribution is -0.153. The van der Waals surface area contributed by atoms with Crippen LogP contribution in [-0.4, -0.2) is 19.4 Å². The predicted octanol–water partition coefficient (Wildman–Crippen LogP) is 3.97. The molecule has 0 spiro atoms. The highest BCUT2D eigenvalue weighted by molar-refractivity contribution is 5.87. The molecule has 0 aliphatic rings. The second-order valence-electron chi connectivity index (χ2n) is 5.17. The summed E-state index contributed by atoms with van der Waals surface area (Å²) in [7, 11) is 0. The largest absolute Gasteiger partial charge is 0.468 e. The van der Waals surface area contributed by atoms with Gasteiger partial charge in [-0.05, 0) is 38.5 Å². The fourth-order valence-corrected chi connectivity index (χ4v) is 1.88. The second-order valence-corrected chi connectivity index (χ2v) is 5.17. The molecule has 0 heterocycles. The molecule has 0 fully saturated rings. The first-order valence-electron chi connectivity index (χ1n) is 7.23. The molecular weight excluding hydrogens is 280 g/mol. The molecular formula is C18H24O4. The fourth-order valence-electron chi connectivity index (χ4n) is 1.88. The van der Waals surface area contributed by atoms with Crippen LogP contribution in [0, 0.1) is 0 Å². The fraction of sp³-hybridized carbons (Fsp3) is 0.389. The molecule has 0 bridgehead atoms. The molecule has 0 aliphatic heterocycles. The van der Waals surface area contributed by atoms with Crippen molar-refractivity contribution in [1.29, 1.82) is 0 Å². The minimum atomic E-state index is -0.782. The molecule has 0 saturated carbocycles. The molecule has 1 aromatic rings. The summed E-state index contributed by atoms with van der Waals surface area (Å²) in [5, 5.41) is 0. The number of carbonyl (C=O) groups excluding carboxylic acids is 1. The molecule has 4 nitrogen and oxygen atoms in total. The summed E-state index contributed by atoms with van der Waals surface area (Å²) in [6, 6.07) is 7.39. The van der Waals surface area contributed by atoms with E-state index >= 15 is 0 Å². The Hall–Kier alpha value is -2.07. The van der Waals surface area contributed by atoms with Crippen molar-refractivity contribution in [2.24, 2.45) is 0 Å². The van der Waals surface area contributed by atoms with Gasteiger partial charge in [-0.25, -0.2) is 4.79 Å². The average Bonchev–Trinajstić information content (AvgIpc) is 2.48. The molecule has 1 atom stereocenters. The van der Waals surface area contributed by atoms with Crippen molar-refractivity contribution in [2.75, 3.05) is 13.4 Å². The zero-order chi connectivity index (χ0) is 16.6. The summed E-state index contributed by atoms with van der Waals surface area (Å²) >= 11 is 0. The molecule has 1 unspecified atom stereocenters. The van der Waals surface area contributed by atoms with Crippen molar-refractivity contribution < 1.29 is 19.0 Å². The number of benzene rings is 1. The summed E-state index contributed by atoms with van der Waals surface area (Å²) in [4.78, 5) is 11.9. The molecule has 0 radical (unpaired) electrons. The van der Waals surface area contributed by atoms with E-state index in [1.165, 1.54) is 0 Å². The summed E-state index contributed by atoms with van der Waals surface area (Å²) in [5.74, 6) is 0.283. The third-order valence-electron chi connectivity index (χ3n) is 3.18. The second kappa shape index (κ2) is 8.39. The van der Waals surface area contributed by atoms with Crippen LogP contribution < -0.4 is 4.74 Å². The van der Waals surface area contributed by atoms with Crippen molar-refractivity contribution in [3.05, 3.63) is 54.6 Å². The minimum Gasteiger partial charge on any atom is -0.468 e. The first-order chi connectivity index (χ1) is 10.4. The van der Waals surface area contributed by atoms with Gasteiger partial charge < -0.3 is 14.2 Å². The van der Waals surface area contributed by atoms with Crippen molar-refractivity contribution in [3.63, 3.8) is 0 Å². The van der Waals surface area contributed by atoms with Crippen molar-refractivity contribution in [2.45, 2.75) is 32.8 Å². The number of carbonyl (C=O) groups is 1. The van der Waals surface area contributed by atoms with E-state index in [1.54, 1.807) is 13.0 Å². The molecule has 1 rings (SSSR count). The first kappa shape index (κ1) is 18.0. The molecule has 0 aliphatic carbocycles. The Morgan fingerprint density at radius 1 is 1.32 bits per heavy atom.